The second-order valence-electron chi connectivity index (χ2n) is 6.06. The standard InChI is InChI=1S/C18H26N2O2/c1-3-5-6-13(4-2)17(21)19-15-9-7-14(8-10-15)18(22)20-16-11-12-16/h7-10,13,16H,3-6,11-12H2,1-2H3,(H,19,21)(H,20,22). The molecule has 2 N–H and O–H groups in total. The molecule has 1 fully saturated rings. The zero-order valence-electron chi connectivity index (χ0n) is 13.5. The van der Waals surface area contributed by atoms with Gasteiger partial charge in [-0.1, -0.05) is 26.7 Å². The molecule has 2 amide bonds. The summed E-state index contributed by atoms with van der Waals surface area (Å²) in [5, 5.41) is 5.91. The van der Waals surface area contributed by atoms with Gasteiger partial charge in [-0.15, -0.1) is 0 Å². The van der Waals surface area contributed by atoms with Crippen molar-refractivity contribution in [1.29, 1.82) is 0 Å². The van der Waals surface area contributed by atoms with E-state index in [0.717, 1.165) is 44.2 Å². The molecule has 0 saturated heterocycles. The summed E-state index contributed by atoms with van der Waals surface area (Å²) in [6, 6.07) is 7.48. The third-order valence-corrected chi connectivity index (χ3v) is 4.10. The van der Waals surface area contributed by atoms with Crippen LogP contribution in [0, 0.1) is 5.92 Å². The number of hydrogen-bond acceptors (Lipinski definition) is 2. The van der Waals surface area contributed by atoms with E-state index in [4.69, 9.17) is 0 Å². The maximum Gasteiger partial charge on any atom is 0.251 e. The molecule has 1 aromatic carbocycles. The zero-order chi connectivity index (χ0) is 15.9. The van der Waals surface area contributed by atoms with Gasteiger partial charge in [0, 0.05) is 23.2 Å². The highest BCUT2D eigenvalue weighted by molar-refractivity contribution is 5.96. The number of amides is 2. The van der Waals surface area contributed by atoms with Crippen LogP contribution in [0.4, 0.5) is 5.69 Å². The summed E-state index contributed by atoms with van der Waals surface area (Å²) in [4.78, 5) is 24.1. The van der Waals surface area contributed by atoms with Gasteiger partial charge in [0.25, 0.3) is 5.91 Å². The van der Waals surface area contributed by atoms with Crippen LogP contribution in [-0.2, 0) is 4.79 Å². The normalized spacial score (nSPS) is 15.2. The van der Waals surface area contributed by atoms with Gasteiger partial charge in [0.2, 0.25) is 5.91 Å². The second kappa shape index (κ2) is 7.97. The Labute approximate surface area is 132 Å². The molecule has 2 rings (SSSR count). The van der Waals surface area contributed by atoms with Gasteiger partial charge in [0.05, 0.1) is 0 Å². The maximum absolute atomic E-state index is 12.2. The monoisotopic (exact) mass is 302 g/mol. The molecule has 0 spiro atoms. The van der Waals surface area contributed by atoms with Gasteiger partial charge >= 0.3 is 0 Å². The van der Waals surface area contributed by atoms with E-state index in [1.807, 2.05) is 6.92 Å². The summed E-state index contributed by atoms with van der Waals surface area (Å²) in [6.07, 6.45) is 6.13. The predicted octanol–water partition coefficient (Wildman–Crippen LogP) is 3.73. The van der Waals surface area contributed by atoms with Gasteiger partial charge in [0.1, 0.15) is 0 Å². The van der Waals surface area contributed by atoms with E-state index >= 15 is 0 Å². The lowest BCUT2D eigenvalue weighted by Crippen LogP contribution is -2.25. The van der Waals surface area contributed by atoms with Crippen molar-refractivity contribution in [1.82, 2.24) is 5.32 Å². The molecule has 1 aromatic rings. The predicted molar refractivity (Wildman–Crippen MR) is 88.9 cm³/mol. The Kier molecular flexibility index (Phi) is 5.99. The lowest BCUT2D eigenvalue weighted by atomic mass is 9.98. The van der Waals surface area contributed by atoms with Gasteiger partial charge < -0.3 is 10.6 Å². The van der Waals surface area contributed by atoms with Crippen LogP contribution in [0.3, 0.4) is 0 Å². The fourth-order valence-electron chi connectivity index (χ4n) is 2.42. The molecule has 1 saturated carbocycles. The number of nitrogens with one attached hydrogen (secondary N) is 2. The molecule has 4 heteroatoms. The molecule has 4 nitrogen and oxygen atoms in total. The number of unbranched alkanes of at least 4 members (excludes halogenated alkanes) is 1. The van der Waals surface area contributed by atoms with E-state index in [2.05, 4.69) is 17.6 Å². The fraction of sp³-hybridized carbons (Fsp3) is 0.556. The van der Waals surface area contributed by atoms with Crippen molar-refractivity contribution < 1.29 is 9.59 Å². The van der Waals surface area contributed by atoms with Crippen LogP contribution in [0.5, 0.6) is 0 Å². The van der Waals surface area contributed by atoms with Crippen molar-refractivity contribution in [2.75, 3.05) is 5.32 Å². The Morgan fingerprint density at radius 2 is 1.86 bits per heavy atom. The van der Waals surface area contributed by atoms with Crippen LogP contribution in [0.2, 0.25) is 0 Å². The van der Waals surface area contributed by atoms with Gasteiger partial charge in [0.15, 0.2) is 0 Å². The number of carbonyl (C=O) groups excluding carboxylic acids is 2. The largest absolute Gasteiger partial charge is 0.349 e. The Balaban J connectivity index is 1.89. The number of rotatable bonds is 8. The molecule has 1 aliphatic carbocycles. The van der Waals surface area contributed by atoms with Gasteiger partial charge in [-0.25, -0.2) is 0 Å². The molecule has 1 unspecified atom stereocenters. The van der Waals surface area contributed by atoms with Crippen molar-refractivity contribution in [3.8, 4) is 0 Å². The quantitative estimate of drug-likeness (QED) is 0.768. The molecular formula is C18H26N2O2. The average Bonchev–Trinajstić information content (AvgIpc) is 3.32. The number of benzene rings is 1. The van der Waals surface area contributed by atoms with Crippen molar-refractivity contribution in [3.63, 3.8) is 0 Å². The van der Waals surface area contributed by atoms with Crippen molar-refractivity contribution >= 4 is 17.5 Å². The van der Waals surface area contributed by atoms with E-state index in [1.54, 1.807) is 24.3 Å². The highest BCUT2D eigenvalue weighted by Gasteiger charge is 2.23. The second-order valence-corrected chi connectivity index (χ2v) is 6.06. The Bertz CT molecular complexity index is 506. The number of carbonyl (C=O) groups is 2. The van der Waals surface area contributed by atoms with Crippen molar-refractivity contribution in [2.24, 2.45) is 5.92 Å². The van der Waals surface area contributed by atoms with E-state index in [-0.39, 0.29) is 17.7 Å². The van der Waals surface area contributed by atoms with E-state index in [9.17, 15) is 9.59 Å². The maximum atomic E-state index is 12.2. The first kappa shape index (κ1) is 16.5. The molecule has 0 aliphatic heterocycles. The first-order valence-corrected chi connectivity index (χ1v) is 8.35. The highest BCUT2D eigenvalue weighted by atomic mass is 16.2. The van der Waals surface area contributed by atoms with Crippen LogP contribution in [0.1, 0.15) is 62.7 Å². The van der Waals surface area contributed by atoms with Crippen molar-refractivity contribution in [3.05, 3.63) is 29.8 Å². The van der Waals surface area contributed by atoms with Crippen LogP contribution in [0.15, 0.2) is 24.3 Å². The lowest BCUT2D eigenvalue weighted by Gasteiger charge is -2.14. The third kappa shape index (κ3) is 4.86. The summed E-state index contributed by atoms with van der Waals surface area (Å²) in [5.74, 6) is 0.110. The smallest absolute Gasteiger partial charge is 0.251 e. The average molecular weight is 302 g/mol. The topological polar surface area (TPSA) is 58.2 Å². The fourth-order valence-corrected chi connectivity index (χ4v) is 2.42. The molecule has 0 bridgehead atoms. The Morgan fingerprint density at radius 1 is 1.18 bits per heavy atom. The first-order chi connectivity index (χ1) is 10.6. The summed E-state index contributed by atoms with van der Waals surface area (Å²) in [6.45, 7) is 4.18. The first-order valence-electron chi connectivity index (χ1n) is 8.35. The zero-order valence-corrected chi connectivity index (χ0v) is 13.5. The minimum Gasteiger partial charge on any atom is -0.349 e. The Hall–Kier alpha value is -1.84. The van der Waals surface area contributed by atoms with E-state index in [0.29, 0.717) is 11.6 Å². The van der Waals surface area contributed by atoms with Crippen LogP contribution < -0.4 is 10.6 Å². The van der Waals surface area contributed by atoms with E-state index < -0.39 is 0 Å². The van der Waals surface area contributed by atoms with Crippen LogP contribution in [0.25, 0.3) is 0 Å². The third-order valence-electron chi connectivity index (χ3n) is 4.10. The van der Waals surface area contributed by atoms with Crippen molar-refractivity contribution in [2.45, 2.75) is 58.4 Å². The Morgan fingerprint density at radius 3 is 2.41 bits per heavy atom. The van der Waals surface area contributed by atoms with E-state index in [1.165, 1.54) is 0 Å². The molecule has 0 radical (unpaired) electrons. The summed E-state index contributed by atoms with van der Waals surface area (Å²) >= 11 is 0. The molecule has 1 aliphatic rings. The summed E-state index contributed by atoms with van der Waals surface area (Å²) in [5.41, 5.74) is 1.39. The molecular weight excluding hydrogens is 276 g/mol. The van der Waals surface area contributed by atoms with Gasteiger partial charge in [-0.2, -0.15) is 0 Å². The minimum absolute atomic E-state index is 0.0326. The minimum atomic E-state index is -0.0326. The highest BCUT2D eigenvalue weighted by Crippen LogP contribution is 2.20. The number of hydrogen-bond donors (Lipinski definition) is 2. The van der Waals surface area contributed by atoms with Gasteiger partial charge in [-0.3, -0.25) is 9.59 Å². The number of anilines is 1. The van der Waals surface area contributed by atoms with Gasteiger partial charge in [-0.05, 0) is 49.9 Å². The lowest BCUT2D eigenvalue weighted by molar-refractivity contribution is -0.120. The molecule has 0 heterocycles. The summed E-state index contributed by atoms with van der Waals surface area (Å²) < 4.78 is 0. The molecule has 120 valence electrons. The summed E-state index contributed by atoms with van der Waals surface area (Å²) in [7, 11) is 0. The molecule has 22 heavy (non-hydrogen) atoms. The molecule has 0 aromatic heterocycles. The van der Waals surface area contributed by atoms with Crippen LogP contribution in [-0.4, -0.2) is 17.9 Å². The SMILES string of the molecule is CCCCC(CC)C(=O)Nc1ccc(C(=O)NC2CC2)cc1. The molecule has 1 atom stereocenters. The van der Waals surface area contributed by atoms with Crippen LogP contribution >= 0.6 is 0 Å².